The summed E-state index contributed by atoms with van der Waals surface area (Å²) in [5.41, 5.74) is 0.400. The van der Waals surface area contributed by atoms with Crippen LogP contribution in [-0.2, 0) is 16.6 Å². The van der Waals surface area contributed by atoms with Crippen molar-refractivity contribution >= 4 is 16.0 Å². The van der Waals surface area contributed by atoms with Gasteiger partial charge in [0.25, 0.3) is 0 Å². The molecule has 0 saturated carbocycles. The van der Waals surface area contributed by atoms with E-state index in [4.69, 9.17) is 5.11 Å². The second-order valence-corrected chi connectivity index (χ2v) is 6.49. The van der Waals surface area contributed by atoms with Crippen molar-refractivity contribution in [2.24, 2.45) is 0 Å². The Kier molecular flexibility index (Phi) is 4.05. The van der Waals surface area contributed by atoms with Crippen molar-refractivity contribution in [3.63, 3.8) is 0 Å². The summed E-state index contributed by atoms with van der Waals surface area (Å²) in [7, 11) is -2.43. The van der Waals surface area contributed by atoms with Crippen LogP contribution in [0.4, 0.5) is 0 Å². The van der Waals surface area contributed by atoms with Crippen molar-refractivity contribution in [2.45, 2.75) is 18.4 Å². The first-order chi connectivity index (χ1) is 9.82. The lowest BCUT2D eigenvalue weighted by Crippen LogP contribution is -2.27. The van der Waals surface area contributed by atoms with Gasteiger partial charge >= 0.3 is 5.97 Å². The van der Waals surface area contributed by atoms with Gasteiger partial charge in [-0.2, -0.15) is 9.40 Å². The lowest BCUT2D eigenvalue weighted by atomic mass is 10.1. The Bertz CT molecular complexity index is 756. The van der Waals surface area contributed by atoms with Crippen molar-refractivity contribution in [1.29, 1.82) is 0 Å². The third kappa shape index (κ3) is 3.09. The number of rotatable bonds is 5. The third-order valence-electron chi connectivity index (χ3n) is 2.96. The highest BCUT2D eigenvalue weighted by atomic mass is 32.2. The molecular formula is C12H14N4O4S. The van der Waals surface area contributed by atoms with E-state index in [0.29, 0.717) is 11.4 Å². The van der Waals surface area contributed by atoms with Crippen LogP contribution < -0.4 is 0 Å². The van der Waals surface area contributed by atoms with Crippen molar-refractivity contribution in [1.82, 2.24) is 19.5 Å². The molecule has 0 aliphatic carbocycles. The van der Waals surface area contributed by atoms with Crippen molar-refractivity contribution in [3.05, 3.63) is 41.5 Å². The number of aromatic nitrogens is 3. The predicted octanol–water partition coefficient (Wildman–Crippen LogP) is 0.632. The summed E-state index contributed by atoms with van der Waals surface area (Å²) in [4.78, 5) is 14.8. The van der Waals surface area contributed by atoms with Gasteiger partial charge in [0, 0.05) is 7.05 Å². The number of sulfonamides is 1. The molecule has 0 amide bonds. The Balaban J connectivity index is 2.38. The van der Waals surface area contributed by atoms with Gasteiger partial charge in [0.15, 0.2) is 0 Å². The molecule has 0 radical (unpaired) electrons. The molecule has 0 bridgehead atoms. The van der Waals surface area contributed by atoms with Crippen LogP contribution in [0.15, 0.2) is 29.4 Å². The Labute approximate surface area is 121 Å². The average Bonchev–Trinajstić information content (AvgIpc) is 2.91. The van der Waals surface area contributed by atoms with Crippen LogP contribution in [0.1, 0.15) is 21.7 Å². The number of aromatic amines is 1. The zero-order valence-electron chi connectivity index (χ0n) is 11.4. The van der Waals surface area contributed by atoms with Crippen LogP contribution in [0.5, 0.6) is 0 Å². The molecule has 0 atom stereocenters. The molecule has 21 heavy (non-hydrogen) atoms. The number of nitrogens with one attached hydrogen (secondary N) is 1. The fourth-order valence-electron chi connectivity index (χ4n) is 1.78. The highest BCUT2D eigenvalue weighted by Crippen LogP contribution is 2.21. The first-order valence-electron chi connectivity index (χ1n) is 5.97. The van der Waals surface area contributed by atoms with Crippen LogP contribution in [0.25, 0.3) is 0 Å². The highest BCUT2D eigenvalue weighted by Gasteiger charge is 2.24. The Morgan fingerprint density at radius 3 is 2.71 bits per heavy atom. The number of hydrogen-bond donors (Lipinski definition) is 2. The SMILES string of the molecule is Cc1ccc(C(=O)O)cc1S(=O)(=O)N(C)Cc1ncn[nH]1. The minimum Gasteiger partial charge on any atom is -0.478 e. The molecule has 0 fully saturated rings. The van der Waals surface area contributed by atoms with Gasteiger partial charge in [0.1, 0.15) is 12.2 Å². The van der Waals surface area contributed by atoms with Crippen LogP contribution >= 0.6 is 0 Å². The topological polar surface area (TPSA) is 116 Å². The summed E-state index contributed by atoms with van der Waals surface area (Å²) in [5.74, 6) is -0.780. The highest BCUT2D eigenvalue weighted by molar-refractivity contribution is 7.89. The first kappa shape index (κ1) is 15.1. The fourth-order valence-corrected chi connectivity index (χ4v) is 3.16. The molecule has 1 aromatic heterocycles. The van der Waals surface area contributed by atoms with Crippen LogP contribution in [0.3, 0.4) is 0 Å². The zero-order chi connectivity index (χ0) is 15.6. The van der Waals surface area contributed by atoms with Crippen molar-refractivity contribution in [2.75, 3.05) is 7.05 Å². The molecule has 0 unspecified atom stereocenters. The number of carbonyl (C=O) groups is 1. The third-order valence-corrected chi connectivity index (χ3v) is 4.91. The molecule has 2 aromatic rings. The van der Waals surface area contributed by atoms with E-state index in [0.717, 1.165) is 10.4 Å². The van der Waals surface area contributed by atoms with Gasteiger partial charge < -0.3 is 5.11 Å². The molecule has 1 aromatic carbocycles. The standard InChI is InChI=1S/C12H14N4O4S/c1-8-3-4-9(12(17)18)5-10(8)21(19,20)16(2)6-11-13-7-14-15-11/h3-5,7H,6H2,1-2H3,(H,17,18)(H,13,14,15). The fraction of sp³-hybridized carbons (Fsp3) is 0.250. The normalized spacial score (nSPS) is 11.8. The minimum absolute atomic E-state index is 0.0130. The summed E-state index contributed by atoms with van der Waals surface area (Å²) in [6.07, 6.45) is 1.28. The predicted molar refractivity (Wildman–Crippen MR) is 73.2 cm³/mol. The van der Waals surface area contributed by atoms with Gasteiger partial charge in [0.2, 0.25) is 10.0 Å². The zero-order valence-corrected chi connectivity index (χ0v) is 12.3. The van der Waals surface area contributed by atoms with Gasteiger partial charge in [0.05, 0.1) is 17.0 Å². The molecule has 1 heterocycles. The summed E-state index contributed by atoms with van der Waals surface area (Å²) in [6, 6.07) is 4.00. The average molecular weight is 310 g/mol. The smallest absolute Gasteiger partial charge is 0.335 e. The van der Waals surface area contributed by atoms with E-state index in [2.05, 4.69) is 15.2 Å². The molecular weight excluding hydrogens is 296 g/mol. The van der Waals surface area contributed by atoms with E-state index < -0.39 is 16.0 Å². The van der Waals surface area contributed by atoms with Crippen LogP contribution in [0.2, 0.25) is 0 Å². The number of aryl methyl sites for hydroxylation is 1. The quantitative estimate of drug-likeness (QED) is 0.836. The van der Waals surface area contributed by atoms with Gasteiger partial charge in [-0.15, -0.1) is 0 Å². The van der Waals surface area contributed by atoms with E-state index in [1.54, 1.807) is 6.92 Å². The van der Waals surface area contributed by atoms with Crippen LogP contribution in [-0.4, -0.2) is 46.0 Å². The van der Waals surface area contributed by atoms with Crippen molar-refractivity contribution < 1.29 is 18.3 Å². The first-order valence-corrected chi connectivity index (χ1v) is 7.41. The Hall–Kier alpha value is -2.26. The van der Waals surface area contributed by atoms with E-state index in [1.807, 2.05) is 0 Å². The second-order valence-electron chi connectivity index (χ2n) is 4.48. The second kappa shape index (κ2) is 5.62. The van der Waals surface area contributed by atoms with Crippen molar-refractivity contribution in [3.8, 4) is 0 Å². The maximum absolute atomic E-state index is 12.5. The number of H-pyrrole nitrogens is 1. The monoisotopic (exact) mass is 310 g/mol. The molecule has 0 aliphatic heterocycles. The lowest BCUT2D eigenvalue weighted by Gasteiger charge is -2.17. The maximum atomic E-state index is 12.5. The molecule has 0 spiro atoms. The Morgan fingerprint density at radius 1 is 1.43 bits per heavy atom. The minimum atomic E-state index is -3.82. The number of nitrogens with zero attached hydrogens (tertiary/aromatic N) is 3. The lowest BCUT2D eigenvalue weighted by molar-refractivity contribution is 0.0696. The molecule has 8 nitrogen and oxygen atoms in total. The van der Waals surface area contributed by atoms with E-state index in [1.165, 1.54) is 25.5 Å². The van der Waals surface area contributed by atoms with E-state index in [-0.39, 0.29) is 17.0 Å². The number of carboxylic acid groups (broad SMARTS) is 1. The molecule has 9 heteroatoms. The Morgan fingerprint density at radius 2 is 2.14 bits per heavy atom. The summed E-state index contributed by atoms with van der Waals surface area (Å²) >= 11 is 0. The molecule has 0 saturated heterocycles. The van der Waals surface area contributed by atoms with E-state index >= 15 is 0 Å². The van der Waals surface area contributed by atoms with Crippen LogP contribution in [0, 0.1) is 6.92 Å². The number of aromatic carboxylic acids is 1. The van der Waals surface area contributed by atoms with Gasteiger partial charge in [-0.25, -0.2) is 18.2 Å². The summed E-state index contributed by atoms with van der Waals surface area (Å²) in [5, 5.41) is 15.2. The molecule has 0 aliphatic rings. The van der Waals surface area contributed by atoms with Gasteiger partial charge in [-0.05, 0) is 24.6 Å². The van der Waals surface area contributed by atoms with E-state index in [9.17, 15) is 13.2 Å². The molecule has 2 N–H and O–H groups in total. The summed E-state index contributed by atoms with van der Waals surface area (Å²) < 4.78 is 26.1. The van der Waals surface area contributed by atoms with Gasteiger partial charge in [-0.3, -0.25) is 5.10 Å². The number of carboxylic acids is 1. The number of hydrogen-bond acceptors (Lipinski definition) is 5. The largest absolute Gasteiger partial charge is 0.478 e. The number of benzene rings is 1. The molecule has 2 rings (SSSR count). The maximum Gasteiger partial charge on any atom is 0.335 e. The van der Waals surface area contributed by atoms with Gasteiger partial charge in [-0.1, -0.05) is 6.07 Å². The molecule has 112 valence electrons. The summed E-state index contributed by atoms with van der Waals surface area (Å²) in [6.45, 7) is 1.62.